The molecule has 1 heterocycles. The number of sulfonamides is 1. The van der Waals surface area contributed by atoms with Crippen LogP contribution in [0.1, 0.15) is 39.7 Å². The maximum Gasteiger partial charge on any atom is 0.328 e. The summed E-state index contributed by atoms with van der Waals surface area (Å²) in [6, 6.07) is 5.26. The number of aryl methyl sites for hydroxylation is 1. The SMILES string of the molecule is CCOC(=O)CC1=C[C@@H](C(=O)OC(C)(C)C)N(S(=O)(=O)c2ccc(C)cc2)C1. The van der Waals surface area contributed by atoms with Crippen molar-refractivity contribution in [3.05, 3.63) is 41.5 Å². The van der Waals surface area contributed by atoms with E-state index >= 15 is 0 Å². The van der Waals surface area contributed by atoms with Gasteiger partial charge in [0.25, 0.3) is 0 Å². The van der Waals surface area contributed by atoms with Crippen LogP contribution in [0.5, 0.6) is 0 Å². The highest BCUT2D eigenvalue weighted by atomic mass is 32.2. The molecular weight excluding hydrogens is 382 g/mol. The number of ether oxygens (including phenoxy) is 2. The molecule has 1 aliphatic heterocycles. The van der Waals surface area contributed by atoms with Crippen LogP contribution in [0.25, 0.3) is 0 Å². The van der Waals surface area contributed by atoms with E-state index in [1.165, 1.54) is 18.2 Å². The van der Waals surface area contributed by atoms with Crippen molar-refractivity contribution in [1.82, 2.24) is 4.31 Å². The third-order valence-electron chi connectivity index (χ3n) is 4.02. The van der Waals surface area contributed by atoms with Gasteiger partial charge in [0.2, 0.25) is 10.0 Å². The summed E-state index contributed by atoms with van der Waals surface area (Å²) in [7, 11) is -3.96. The van der Waals surface area contributed by atoms with Crippen molar-refractivity contribution >= 4 is 22.0 Å². The predicted octanol–water partition coefficient (Wildman–Crippen LogP) is 2.59. The smallest absolute Gasteiger partial charge is 0.328 e. The highest BCUT2D eigenvalue weighted by Crippen LogP contribution is 2.29. The van der Waals surface area contributed by atoms with Crippen LogP contribution in [-0.4, -0.2) is 49.5 Å². The molecule has 1 aliphatic rings. The van der Waals surface area contributed by atoms with Gasteiger partial charge >= 0.3 is 11.9 Å². The number of carbonyl (C=O) groups is 2. The molecule has 2 rings (SSSR count). The topological polar surface area (TPSA) is 90.0 Å². The molecule has 0 radical (unpaired) electrons. The zero-order valence-corrected chi connectivity index (χ0v) is 17.7. The number of hydrogen-bond donors (Lipinski definition) is 0. The van der Waals surface area contributed by atoms with Crippen LogP contribution in [0, 0.1) is 6.92 Å². The average Bonchev–Trinajstić information content (AvgIpc) is 2.98. The van der Waals surface area contributed by atoms with Crippen molar-refractivity contribution in [2.45, 2.75) is 57.6 Å². The number of carbonyl (C=O) groups excluding carboxylic acids is 2. The fourth-order valence-electron chi connectivity index (χ4n) is 2.80. The van der Waals surface area contributed by atoms with Gasteiger partial charge in [0.1, 0.15) is 11.6 Å². The maximum atomic E-state index is 13.2. The number of esters is 2. The maximum absolute atomic E-state index is 13.2. The summed E-state index contributed by atoms with van der Waals surface area (Å²) >= 11 is 0. The van der Waals surface area contributed by atoms with Gasteiger partial charge in [-0.3, -0.25) is 4.79 Å². The molecule has 0 bridgehead atoms. The fourth-order valence-corrected chi connectivity index (χ4v) is 4.33. The lowest BCUT2D eigenvalue weighted by atomic mass is 10.1. The van der Waals surface area contributed by atoms with Crippen molar-refractivity contribution in [2.75, 3.05) is 13.2 Å². The van der Waals surface area contributed by atoms with Crippen LogP contribution in [-0.2, 0) is 29.1 Å². The molecule has 0 N–H and O–H groups in total. The molecule has 28 heavy (non-hydrogen) atoms. The van der Waals surface area contributed by atoms with E-state index in [0.717, 1.165) is 9.87 Å². The number of rotatable bonds is 6. The van der Waals surface area contributed by atoms with Crippen molar-refractivity contribution in [3.8, 4) is 0 Å². The molecule has 0 aromatic heterocycles. The first kappa shape index (κ1) is 22.1. The van der Waals surface area contributed by atoms with E-state index in [1.807, 2.05) is 6.92 Å². The monoisotopic (exact) mass is 409 g/mol. The minimum Gasteiger partial charge on any atom is -0.466 e. The minimum absolute atomic E-state index is 0.0705. The van der Waals surface area contributed by atoms with Crippen LogP contribution in [0.4, 0.5) is 0 Å². The Morgan fingerprint density at radius 1 is 1.18 bits per heavy atom. The molecule has 154 valence electrons. The Hall–Kier alpha value is -2.19. The second-order valence-corrected chi connectivity index (χ2v) is 9.54. The normalized spacial score (nSPS) is 17.9. The summed E-state index contributed by atoms with van der Waals surface area (Å²) in [5.74, 6) is -1.15. The van der Waals surface area contributed by atoms with Crippen LogP contribution in [0.3, 0.4) is 0 Å². The molecule has 8 heteroatoms. The van der Waals surface area contributed by atoms with E-state index in [9.17, 15) is 18.0 Å². The molecule has 0 spiro atoms. The third kappa shape index (κ3) is 5.42. The fraction of sp³-hybridized carbons (Fsp3) is 0.500. The second-order valence-electron chi connectivity index (χ2n) is 7.65. The Labute approximate surface area is 166 Å². The summed E-state index contributed by atoms with van der Waals surface area (Å²) in [6.07, 6.45) is 1.41. The Morgan fingerprint density at radius 3 is 2.32 bits per heavy atom. The minimum atomic E-state index is -3.96. The van der Waals surface area contributed by atoms with Crippen LogP contribution in [0.2, 0.25) is 0 Å². The van der Waals surface area contributed by atoms with E-state index in [0.29, 0.717) is 5.57 Å². The van der Waals surface area contributed by atoms with Crippen molar-refractivity contribution < 1.29 is 27.5 Å². The number of nitrogens with zero attached hydrogens (tertiary/aromatic N) is 1. The Morgan fingerprint density at radius 2 is 1.79 bits per heavy atom. The standard InChI is InChI=1S/C20H27NO6S/c1-6-26-18(22)12-15-11-17(19(23)27-20(3,4)5)21(13-15)28(24,25)16-9-7-14(2)8-10-16/h7-11,17H,6,12-13H2,1-5H3/t17-/m0/s1. The van der Waals surface area contributed by atoms with E-state index in [1.54, 1.807) is 39.8 Å². The average molecular weight is 410 g/mol. The molecule has 1 atom stereocenters. The molecule has 0 unspecified atom stereocenters. The Balaban J connectivity index is 2.35. The van der Waals surface area contributed by atoms with Crippen molar-refractivity contribution in [2.24, 2.45) is 0 Å². The molecule has 0 fully saturated rings. The Kier molecular flexibility index (Phi) is 6.67. The molecular formula is C20H27NO6S. The van der Waals surface area contributed by atoms with Gasteiger partial charge in [0.15, 0.2) is 0 Å². The van der Waals surface area contributed by atoms with Gasteiger partial charge in [-0.05, 0) is 52.3 Å². The third-order valence-corrected chi connectivity index (χ3v) is 5.86. The van der Waals surface area contributed by atoms with Gasteiger partial charge < -0.3 is 9.47 Å². The lowest BCUT2D eigenvalue weighted by Crippen LogP contribution is -2.43. The predicted molar refractivity (Wildman–Crippen MR) is 104 cm³/mol. The number of benzene rings is 1. The highest BCUT2D eigenvalue weighted by Gasteiger charge is 2.41. The van der Waals surface area contributed by atoms with Gasteiger partial charge in [-0.25, -0.2) is 13.2 Å². The van der Waals surface area contributed by atoms with Gasteiger partial charge in [0, 0.05) is 6.54 Å². The van der Waals surface area contributed by atoms with E-state index in [4.69, 9.17) is 9.47 Å². The van der Waals surface area contributed by atoms with E-state index in [-0.39, 0.29) is 24.5 Å². The molecule has 1 aromatic rings. The summed E-state index contributed by atoms with van der Waals surface area (Å²) in [5, 5.41) is 0. The van der Waals surface area contributed by atoms with Crippen molar-refractivity contribution in [3.63, 3.8) is 0 Å². The van der Waals surface area contributed by atoms with Gasteiger partial charge in [-0.2, -0.15) is 4.31 Å². The van der Waals surface area contributed by atoms with Crippen LogP contribution in [0.15, 0.2) is 40.8 Å². The first-order valence-electron chi connectivity index (χ1n) is 9.10. The zero-order valence-electron chi connectivity index (χ0n) is 16.9. The molecule has 7 nitrogen and oxygen atoms in total. The van der Waals surface area contributed by atoms with Crippen molar-refractivity contribution in [1.29, 1.82) is 0 Å². The van der Waals surface area contributed by atoms with Crippen LogP contribution < -0.4 is 0 Å². The quantitative estimate of drug-likeness (QED) is 0.530. The first-order valence-corrected chi connectivity index (χ1v) is 10.5. The molecule has 0 amide bonds. The lowest BCUT2D eigenvalue weighted by molar-refractivity contribution is -0.157. The Bertz CT molecular complexity index is 865. The second kappa shape index (κ2) is 8.45. The largest absolute Gasteiger partial charge is 0.466 e. The summed E-state index contributed by atoms with van der Waals surface area (Å²) in [5.41, 5.74) is 0.656. The summed E-state index contributed by atoms with van der Waals surface area (Å²) < 4.78 is 37.7. The van der Waals surface area contributed by atoms with Gasteiger partial charge in [0.05, 0.1) is 17.9 Å². The zero-order chi connectivity index (χ0) is 21.1. The van der Waals surface area contributed by atoms with Crippen LogP contribution >= 0.6 is 0 Å². The molecule has 1 aromatic carbocycles. The highest BCUT2D eigenvalue weighted by molar-refractivity contribution is 7.89. The van der Waals surface area contributed by atoms with Gasteiger partial charge in [-0.1, -0.05) is 23.8 Å². The van der Waals surface area contributed by atoms with Gasteiger partial charge in [-0.15, -0.1) is 0 Å². The lowest BCUT2D eigenvalue weighted by Gasteiger charge is -2.26. The molecule has 0 aliphatic carbocycles. The van der Waals surface area contributed by atoms with E-state index in [2.05, 4.69) is 0 Å². The summed E-state index contributed by atoms with van der Waals surface area (Å²) in [4.78, 5) is 24.6. The molecule has 0 saturated heterocycles. The number of hydrogen-bond acceptors (Lipinski definition) is 6. The summed E-state index contributed by atoms with van der Waals surface area (Å²) in [6.45, 7) is 8.84. The van der Waals surface area contributed by atoms with E-state index < -0.39 is 33.6 Å². The molecule has 0 saturated carbocycles. The first-order chi connectivity index (χ1) is 12.9.